The van der Waals surface area contributed by atoms with E-state index in [0.29, 0.717) is 11.5 Å². The molecule has 0 spiro atoms. The zero-order chi connectivity index (χ0) is 27.5. The Hall–Kier alpha value is -4.69. The summed E-state index contributed by atoms with van der Waals surface area (Å²) in [7, 11) is -2.98. The molecule has 1 aromatic heterocycles. The van der Waals surface area contributed by atoms with Gasteiger partial charge in [-0.05, 0) is 69.8 Å². The number of nitrogens with one attached hydrogen (secondary N) is 1. The third-order valence-corrected chi connectivity index (χ3v) is 8.66. The van der Waals surface area contributed by atoms with Gasteiger partial charge >= 0.3 is 6.09 Å². The van der Waals surface area contributed by atoms with Gasteiger partial charge in [0.2, 0.25) is 0 Å². The van der Waals surface area contributed by atoms with Gasteiger partial charge in [-0.3, -0.25) is 0 Å². The molecule has 1 heterocycles. The number of aromatic amines is 1. The molecular weight excluding hydrogens is 522 g/mol. The molecule has 6 rings (SSSR count). The molecule has 40 heavy (non-hydrogen) atoms. The van der Waals surface area contributed by atoms with Gasteiger partial charge in [0.15, 0.2) is 0 Å². The minimum Gasteiger partial charge on any atom is -0.489 e. The molecule has 7 nitrogen and oxygen atoms in total. The topological polar surface area (TPSA) is 93.6 Å². The lowest BCUT2D eigenvalue weighted by atomic mass is 9.98. The summed E-state index contributed by atoms with van der Waals surface area (Å²) in [5.41, 5.74) is 7.37. The molecule has 1 amide bonds. The van der Waals surface area contributed by atoms with Crippen molar-refractivity contribution >= 4 is 15.8 Å². The molecule has 1 unspecified atom stereocenters. The summed E-state index contributed by atoms with van der Waals surface area (Å²) in [6.45, 7) is 0.475. The molecule has 0 aliphatic heterocycles. The molecule has 1 aliphatic carbocycles. The van der Waals surface area contributed by atoms with Crippen LogP contribution in [0.15, 0.2) is 119 Å². The lowest BCUT2D eigenvalue weighted by molar-refractivity contribution is 0.154. The number of nitrogens with zero attached hydrogens (tertiary/aromatic N) is 2. The SMILES string of the molecule is CS(=O)(=NC(=O)OCC1c2ccccc2-c2ccccc21)c1ccc(COc2ccc(-c3cnc[nH]3)cc2)cc1. The second kappa shape index (κ2) is 10.8. The van der Waals surface area contributed by atoms with E-state index in [1.54, 1.807) is 24.7 Å². The van der Waals surface area contributed by atoms with Gasteiger partial charge in [-0.1, -0.05) is 60.7 Å². The van der Waals surface area contributed by atoms with E-state index in [4.69, 9.17) is 9.47 Å². The van der Waals surface area contributed by atoms with Crippen molar-refractivity contribution in [3.05, 3.63) is 126 Å². The number of fused-ring (bicyclic) bond motifs is 3. The molecule has 0 saturated carbocycles. The highest BCUT2D eigenvalue weighted by molar-refractivity contribution is 7.93. The van der Waals surface area contributed by atoms with Gasteiger partial charge in [0, 0.05) is 17.1 Å². The standard InChI is InChI=1S/C32H27N3O4S/c1-40(37,35-32(36)39-20-30-28-8-4-2-6-26(28)27-7-3-5-9-29(27)30)25-16-10-22(11-17-25)19-38-24-14-12-23(13-15-24)31-18-33-21-34-31/h2-18,21,30H,19-20H2,1H3,(H,33,34). The van der Waals surface area contributed by atoms with Gasteiger partial charge in [-0.2, -0.15) is 0 Å². The molecule has 1 aliphatic rings. The maximum absolute atomic E-state index is 13.3. The highest BCUT2D eigenvalue weighted by atomic mass is 32.2. The van der Waals surface area contributed by atoms with Gasteiger partial charge in [-0.25, -0.2) is 14.0 Å². The summed E-state index contributed by atoms with van der Waals surface area (Å²) >= 11 is 0. The highest BCUT2D eigenvalue weighted by Crippen LogP contribution is 2.44. The summed E-state index contributed by atoms with van der Waals surface area (Å²) < 4.78 is 28.7. The quantitative estimate of drug-likeness (QED) is 0.235. The Morgan fingerprint density at radius 2 is 1.55 bits per heavy atom. The number of H-pyrrole nitrogens is 1. The lowest BCUT2D eigenvalue weighted by Crippen LogP contribution is -2.12. The van der Waals surface area contributed by atoms with Crippen LogP contribution in [0.4, 0.5) is 4.79 Å². The molecule has 4 aromatic carbocycles. The van der Waals surface area contributed by atoms with E-state index in [0.717, 1.165) is 44.8 Å². The molecule has 0 fully saturated rings. The molecule has 0 bridgehead atoms. The van der Waals surface area contributed by atoms with Crippen LogP contribution in [0, 0.1) is 0 Å². The van der Waals surface area contributed by atoms with Crippen LogP contribution >= 0.6 is 0 Å². The minimum absolute atomic E-state index is 0.0829. The van der Waals surface area contributed by atoms with Crippen molar-refractivity contribution in [2.45, 2.75) is 17.4 Å². The average molecular weight is 550 g/mol. The minimum atomic E-state index is -2.98. The molecular formula is C32H27N3O4S. The monoisotopic (exact) mass is 549 g/mol. The Kier molecular flexibility index (Phi) is 6.92. The van der Waals surface area contributed by atoms with E-state index in [9.17, 15) is 9.00 Å². The summed E-state index contributed by atoms with van der Waals surface area (Å²) in [6, 6.07) is 31.0. The summed E-state index contributed by atoms with van der Waals surface area (Å²) in [4.78, 5) is 20.2. The molecule has 1 atom stereocenters. The fraction of sp³-hybridized carbons (Fsp3) is 0.125. The van der Waals surface area contributed by atoms with E-state index >= 15 is 0 Å². The number of imidazole rings is 1. The molecule has 8 heteroatoms. The van der Waals surface area contributed by atoms with Crippen LogP contribution < -0.4 is 4.74 Å². The summed E-state index contributed by atoms with van der Waals surface area (Å²) in [6.07, 6.45) is 4.02. The first kappa shape index (κ1) is 25.6. The van der Waals surface area contributed by atoms with Crippen molar-refractivity contribution in [1.29, 1.82) is 0 Å². The van der Waals surface area contributed by atoms with Crippen molar-refractivity contribution in [3.63, 3.8) is 0 Å². The second-order valence-electron chi connectivity index (χ2n) is 9.62. The Bertz CT molecular complexity index is 1730. The number of aromatic nitrogens is 2. The van der Waals surface area contributed by atoms with Gasteiger partial charge in [0.1, 0.15) is 19.0 Å². The largest absolute Gasteiger partial charge is 0.489 e. The zero-order valence-electron chi connectivity index (χ0n) is 21.8. The first-order valence-electron chi connectivity index (χ1n) is 12.9. The first-order valence-corrected chi connectivity index (χ1v) is 14.8. The van der Waals surface area contributed by atoms with E-state index in [-0.39, 0.29) is 12.5 Å². The van der Waals surface area contributed by atoms with Crippen molar-refractivity contribution in [2.75, 3.05) is 12.9 Å². The molecule has 0 radical (unpaired) electrons. The number of hydrogen-bond acceptors (Lipinski definition) is 5. The normalized spacial score (nSPS) is 13.6. The maximum Gasteiger partial charge on any atom is 0.442 e. The molecule has 1 N–H and O–H groups in total. The van der Waals surface area contributed by atoms with Gasteiger partial charge in [0.25, 0.3) is 0 Å². The van der Waals surface area contributed by atoms with Crippen LogP contribution in [0.3, 0.4) is 0 Å². The van der Waals surface area contributed by atoms with E-state index in [1.165, 1.54) is 6.26 Å². The van der Waals surface area contributed by atoms with Crippen LogP contribution in [0.2, 0.25) is 0 Å². The number of ether oxygens (including phenoxy) is 2. The zero-order valence-corrected chi connectivity index (χ0v) is 22.6. The van der Waals surface area contributed by atoms with E-state index in [2.05, 4.69) is 38.6 Å². The Morgan fingerprint density at radius 1 is 0.900 bits per heavy atom. The van der Waals surface area contributed by atoms with Crippen molar-refractivity contribution < 1.29 is 18.5 Å². The van der Waals surface area contributed by atoms with E-state index < -0.39 is 15.8 Å². The maximum atomic E-state index is 13.3. The number of carbonyl (C=O) groups excluding carboxylic acids is 1. The Labute approximate surface area is 233 Å². The second-order valence-corrected chi connectivity index (χ2v) is 11.9. The smallest absolute Gasteiger partial charge is 0.442 e. The highest BCUT2D eigenvalue weighted by Gasteiger charge is 2.29. The van der Waals surface area contributed by atoms with Gasteiger partial charge < -0.3 is 14.5 Å². The van der Waals surface area contributed by atoms with Crippen LogP contribution in [-0.4, -0.2) is 33.1 Å². The predicted molar refractivity (Wildman–Crippen MR) is 155 cm³/mol. The number of hydrogen-bond donors (Lipinski definition) is 1. The molecule has 0 saturated heterocycles. The Morgan fingerprint density at radius 3 is 2.17 bits per heavy atom. The summed E-state index contributed by atoms with van der Waals surface area (Å²) in [5, 5.41) is 0. The number of carbonyl (C=O) groups is 1. The third-order valence-electron chi connectivity index (χ3n) is 7.01. The summed E-state index contributed by atoms with van der Waals surface area (Å²) in [5.74, 6) is 0.650. The predicted octanol–water partition coefficient (Wildman–Crippen LogP) is 7.06. The number of amides is 1. The lowest BCUT2D eigenvalue weighted by Gasteiger charge is -2.13. The van der Waals surface area contributed by atoms with Crippen LogP contribution in [0.25, 0.3) is 22.4 Å². The van der Waals surface area contributed by atoms with Crippen molar-refractivity contribution in [2.24, 2.45) is 4.36 Å². The van der Waals surface area contributed by atoms with Crippen molar-refractivity contribution in [3.8, 4) is 28.1 Å². The fourth-order valence-electron chi connectivity index (χ4n) is 4.96. The average Bonchev–Trinajstić information content (AvgIpc) is 3.62. The Balaban J connectivity index is 1.08. The van der Waals surface area contributed by atoms with Crippen LogP contribution in [0.1, 0.15) is 22.6 Å². The van der Waals surface area contributed by atoms with Gasteiger partial charge in [-0.15, -0.1) is 4.36 Å². The third kappa shape index (κ3) is 5.26. The number of benzene rings is 4. The van der Waals surface area contributed by atoms with Crippen molar-refractivity contribution in [1.82, 2.24) is 9.97 Å². The fourth-order valence-corrected chi connectivity index (χ4v) is 6.05. The molecule has 5 aromatic rings. The van der Waals surface area contributed by atoms with E-state index in [1.807, 2.05) is 60.7 Å². The van der Waals surface area contributed by atoms with Gasteiger partial charge in [0.05, 0.1) is 27.9 Å². The molecule has 200 valence electrons. The van der Waals surface area contributed by atoms with Crippen LogP contribution in [-0.2, 0) is 21.1 Å². The number of rotatable bonds is 7. The van der Waals surface area contributed by atoms with Crippen LogP contribution in [0.5, 0.6) is 5.75 Å². The first-order chi connectivity index (χ1) is 19.5.